The molecule has 3 rings (SSSR count). The van der Waals surface area contributed by atoms with Crippen molar-refractivity contribution in [3.8, 4) is 0 Å². The van der Waals surface area contributed by atoms with Crippen LogP contribution in [-0.2, 0) is 4.74 Å². The first-order chi connectivity index (χ1) is 8.38. The van der Waals surface area contributed by atoms with E-state index in [4.69, 9.17) is 4.74 Å². The minimum atomic E-state index is 0.171. The largest absolute Gasteiger partial charge is 0.375 e. The molecule has 2 heterocycles. The molecule has 2 aliphatic heterocycles. The van der Waals surface area contributed by atoms with Gasteiger partial charge in [0.15, 0.2) is 0 Å². The van der Waals surface area contributed by atoms with Crippen molar-refractivity contribution in [1.82, 2.24) is 5.32 Å². The Bertz CT molecular complexity index is 351. The Morgan fingerprint density at radius 3 is 2.65 bits per heavy atom. The van der Waals surface area contributed by atoms with Crippen molar-refractivity contribution in [2.75, 3.05) is 19.7 Å². The SMILES string of the molecule is c1ccc([C@@H]2CCOC3(CCNCC3)C2)cc1. The first-order valence-corrected chi connectivity index (χ1v) is 6.78. The molecule has 1 atom stereocenters. The van der Waals surface area contributed by atoms with Gasteiger partial charge < -0.3 is 10.1 Å². The molecule has 1 spiro atoms. The average molecular weight is 231 g/mol. The Hall–Kier alpha value is -0.860. The van der Waals surface area contributed by atoms with Gasteiger partial charge in [-0.3, -0.25) is 0 Å². The van der Waals surface area contributed by atoms with Crippen LogP contribution in [0.5, 0.6) is 0 Å². The van der Waals surface area contributed by atoms with Gasteiger partial charge in [-0.2, -0.15) is 0 Å². The second-order valence-electron chi connectivity index (χ2n) is 5.38. The highest BCUT2D eigenvalue weighted by molar-refractivity contribution is 5.21. The molecule has 0 unspecified atom stereocenters. The highest BCUT2D eigenvalue weighted by Crippen LogP contribution is 2.40. The second-order valence-corrected chi connectivity index (χ2v) is 5.38. The van der Waals surface area contributed by atoms with E-state index in [0.29, 0.717) is 5.92 Å². The lowest BCUT2D eigenvalue weighted by Crippen LogP contribution is -2.47. The zero-order chi connectivity index (χ0) is 11.6. The number of nitrogens with one attached hydrogen (secondary N) is 1. The predicted octanol–water partition coefficient (Wildman–Crippen LogP) is 2.70. The van der Waals surface area contributed by atoms with Crippen LogP contribution in [-0.4, -0.2) is 25.3 Å². The normalized spacial score (nSPS) is 28.1. The monoisotopic (exact) mass is 231 g/mol. The Kier molecular flexibility index (Phi) is 3.17. The minimum Gasteiger partial charge on any atom is -0.375 e. The van der Waals surface area contributed by atoms with E-state index in [1.165, 1.54) is 31.2 Å². The summed E-state index contributed by atoms with van der Waals surface area (Å²) in [5.74, 6) is 0.697. The van der Waals surface area contributed by atoms with Gasteiger partial charge in [0, 0.05) is 6.61 Å². The van der Waals surface area contributed by atoms with Gasteiger partial charge in [0.1, 0.15) is 0 Å². The summed E-state index contributed by atoms with van der Waals surface area (Å²) in [6.45, 7) is 3.16. The molecule has 92 valence electrons. The van der Waals surface area contributed by atoms with Gasteiger partial charge in [0.05, 0.1) is 5.60 Å². The third kappa shape index (κ3) is 2.38. The maximum absolute atomic E-state index is 6.12. The summed E-state index contributed by atoms with van der Waals surface area (Å²) in [4.78, 5) is 0. The summed E-state index contributed by atoms with van der Waals surface area (Å²) in [5.41, 5.74) is 1.66. The molecule has 0 bridgehead atoms. The van der Waals surface area contributed by atoms with E-state index < -0.39 is 0 Å². The molecule has 2 nitrogen and oxygen atoms in total. The first-order valence-electron chi connectivity index (χ1n) is 6.78. The van der Waals surface area contributed by atoms with Crippen LogP contribution in [0.4, 0.5) is 0 Å². The van der Waals surface area contributed by atoms with E-state index in [2.05, 4.69) is 35.6 Å². The Morgan fingerprint density at radius 2 is 1.88 bits per heavy atom. The van der Waals surface area contributed by atoms with Gasteiger partial charge in [-0.05, 0) is 50.3 Å². The predicted molar refractivity (Wildman–Crippen MR) is 69.2 cm³/mol. The third-order valence-corrected chi connectivity index (χ3v) is 4.28. The zero-order valence-corrected chi connectivity index (χ0v) is 10.3. The lowest BCUT2D eigenvalue weighted by atomic mass is 9.77. The van der Waals surface area contributed by atoms with Crippen LogP contribution in [0.25, 0.3) is 0 Å². The van der Waals surface area contributed by atoms with Crippen molar-refractivity contribution in [2.45, 2.75) is 37.2 Å². The van der Waals surface area contributed by atoms with Crippen molar-refractivity contribution in [2.24, 2.45) is 0 Å². The molecular formula is C15H21NO. The Balaban J connectivity index is 1.75. The molecule has 1 aromatic carbocycles. The molecule has 1 N–H and O–H groups in total. The van der Waals surface area contributed by atoms with Gasteiger partial charge in [-0.25, -0.2) is 0 Å². The van der Waals surface area contributed by atoms with Crippen molar-refractivity contribution in [3.05, 3.63) is 35.9 Å². The van der Waals surface area contributed by atoms with Crippen LogP contribution < -0.4 is 5.32 Å². The van der Waals surface area contributed by atoms with Crippen molar-refractivity contribution in [3.63, 3.8) is 0 Å². The highest BCUT2D eigenvalue weighted by Gasteiger charge is 2.38. The number of hydrogen-bond donors (Lipinski definition) is 1. The average Bonchev–Trinajstić information content (AvgIpc) is 2.41. The topological polar surface area (TPSA) is 21.3 Å². The van der Waals surface area contributed by atoms with E-state index in [1.54, 1.807) is 0 Å². The number of piperidine rings is 1. The van der Waals surface area contributed by atoms with Crippen molar-refractivity contribution in [1.29, 1.82) is 0 Å². The lowest BCUT2D eigenvalue weighted by molar-refractivity contribution is -0.102. The maximum atomic E-state index is 6.12. The standard InChI is InChI=1S/C15H21NO/c1-2-4-13(5-3-1)14-6-11-17-15(12-14)7-9-16-10-8-15/h1-5,14,16H,6-12H2/t14-/m1/s1. The molecule has 1 aromatic rings. The van der Waals surface area contributed by atoms with Crippen LogP contribution >= 0.6 is 0 Å². The van der Waals surface area contributed by atoms with Crippen molar-refractivity contribution >= 4 is 0 Å². The Morgan fingerprint density at radius 1 is 1.12 bits per heavy atom. The Labute approximate surface area is 103 Å². The quantitative estimate of drug-likeness (QED) is 0.802. The lowest BCUT2D eigenvalue weighted by Gasteiger charge is -2.43. The van der Waals surface area contributed by atoms with Gasteiger partial charge in [0.2, 0.25) is 0 Å². The molecule has 2 aliphatic rings. The van der Waals surface area contributed by atoms with Gasteiger partial charge >= 0.3 is 0 Å². The maximum Gasteiger partial charge on any atom is 0.0712 e. The van der Waals surface area contributed by atoms with Crippen LogP contribution in [0.15, 0.2) is 30.3 Å². The molecule has 0 amide bonds. The fraction of sp³-hybridized carbons (Fsp3) is 0.600. The van der Waals surface area contributed by atoms with E-state index in [9.17, 15) is 0 Å². The summed E-state index contributed by atoms with van der Waals surface area (Å²) in [7, 11) is 0. The third-order valence-electron chi connectivity index (χ3n) is 4.28. The molecule has 17 heavy (non-hydrogen) atoms. The number of rotatable bonds is 1. The molecular weight excluding hydrogens is 210 g/mol. The second kappa shape index (κ2) is 4.79. The van der Waals surface area contributed by atoms with E-state index in [0.717, 1.165) is 19.7 Å². The zero-order valence-electron chi connectivity index (χ0n) is 10.3. The molecule has 0 radical (unpaired) electrons. The highest BCUT2D eigenvalue weighted by atomic mass is 16.5. The number of ether oxygens (including phenoxy) is 1. The van der Waals surface area contributed by atoms with Gasteiger partial charge in [-0.1, -0.05) is 30.3 Å². The van der Waals surface area contributed by atoms with E-state index >= 15 is 0 Å². The van der Waals surface area contributed by atoms with Gasteiger partial charge in [-0.15, -0.1) is 0 Å². The van der Waals surface area contributed by atoms with E-state index in [-0.39, 0.29) is 5.60 Å². The summed E-state index contributed by atoms with van der Waals surface area (Å²) in [6, 6.07) is 10.9. The minimum absolute atomic E-state index is 0.171. The summed E-state index contributed by atoms with van der Waals surface area (Å²) >= 11 is 0. The number of benzene rings is 1. The molecule has 2 heteroatoms. The molecule has 0 saturated carbocycles. The molecule has 2 saturated heterocycles. The molecule has 2 fully saturated rings. The van der Waals surface area contributed by atoms with E-state index in [1.807, 2.05) is 0 Å². The summed E-state index contributed by atoms with van der Waals surface area (Å²) in [5, 5.41) is 3.43. The molecule has 0 aromatic heterocycles. The first kappa shape index (κ1) is 11.2. The van der Waals surface area contributed by atoms with Gasteiger partial charge in [0.25, 0.3) is 0 Å². The van der Waals surface area contributed by atoms with Crippen LogP contribution in [0, 0.1) is 0 Å². The van der Waals surface area contributed by atoms with Crippen LogP contribution in [0.3, 0.4) is 0 Å². The number of hydrogen-bond acceptors (Lipinski definition) is 2. The van der Waals surface area contributed by atoms with Crippen LogP contribution in [0.2, 0.25) is 0 Å². The summed E-state index contributed by atoms with van der Waals surface area (Å²) < 4.78 is 6.12. The van der Waals surface area contributed by atoms with Crippen molar-refractivity contribution < 1.29 is 4.74 Å². The fourth-order valence-corrected chi connectivity index (χ4v) is 3.27. The summed E-state index contributed by atoms with van der Waals surface area (Å²) in [6.07, 6.45) is 4.74. The van der Waals surface area contributed by atoms with Crippen LogP contribution in [0.1, 0.15) is 37.2 Å². The fourth-order valence-electron chi connectivity index (χ4n) is 3.27. The smallest absolute Gasteiger partial charge is 0.0712 e. The molecule has 0 aliphatic carbocycles.